The number of nitrogens with one attached hydrogen (secondary N) is 2. The van der Waals surface area contributed by atoms with E-state index in [2.05, 4.69) is 54.5 Å². The van der Waals surface area contributed by atoms with E-state index in [1.807, 2.05) is 39.1 Å². The van der Waals surface area contributed by atoms with E-state index in [1.54, 1.807) is 7.11 Å². The number of aliphatic hydroxyl groups is 5. The number of carbonyl (C=O) groups is 1. The summed E-state index contributed by atoms with van der Waals surface area (Å²) in [7, 11) is 3.57. The van der Waals surface area contributed by atoms with Crippen molar-refractivity contribution >= 4 is 6.29 Å². The van der Waals surface area contributed by atoms with Crippen molar-refractivity contribution in [3.05, 3.63) is 94.1 Å². The summed E-state index contributed by atoms with van der Waals surface area (Å²) in [6.07, 6.45) is 15.1. The summed E-state index contributed by atoms with van der Waals surface area (Å²) in [5.41, 5.74) is 2.73. The molecule has 9 heteroatoms. The van der Waals surface area contributed by atoms with E-state index < -0.39 is 34.2 Å². The fourth-order valence-electron chi connectivity index (χ4n) is 11.6. The van der Waals surface area contributed by atoms with Gasteiger partial charge in [0.15, 0.2) is 0 Å². The molecular formula is C47H70N2O7. The Hall–Kier alpha value is -2.73. The van der Waals surface area contributed by atoms with Gasteiger partial charge in [-0.05, 0) is 152 Å². The summed E-state index contributed by atoms with van der Waals surface area (Å²) in [4.78, 5) is 12.3. The van der Waals surface area contributed by atoms with Crippen molar-refractivity contribution in [3.63, 3.8) is 0 Å². The first-order chi connectivity index (χ1) is 26.7. The molecule has 7 N–H and O–H groups in total. The molecule has 3 fully saturated rings. The molecule has 1 aromatic rings. The Bertz CT molecular complexity index is 1680. The molecule has 3 saturated carbocycles. The fraction of sp³-hybridized carbons (Fsp3) is 0.638. The van der Waals surface area contributed by atoms with Crippen LogP contribution in [0.3, 0.4) is 0 Å². The molecule has 0 aromatic heterocycles. The van der Waals surface area contributed by atoms with Crippen molar-refractivity contribution in [2.24, 2.45) is 22.2 Å². The largest absolute Gasteiger partial charge is 0.396 e. The number of aldehydes is 1. The molecule has 8 atom stereocenters. The van der Waals surface area contributed by atoms with Crippen LogP contribution in [0.25, 0.3) is 0 Å². The third-order valence-corrected chi connectivity index (χ3v) is 14.7. The van der Waals surface area contributed by atoms with Gasteiger partial charge in [-0.15, -0.1) is 0 Å². The maximum Gasteiger partial charge on any atom is 0.145 e. The Morgan fingerprint density at radius 3 is 2.54 bits per heavy atom. The minimum atomic E-state index is -1.20. The van der Waals surface area contributed by atoms with Gasteiger partial charge in [-0.3, -0.25) is 10.1 Å². The summed E-state index contributed by atoms with van der Waals surface area (Å²) in [6.45, 7) is 11.4. The Labute approximate surface area is 335 Å². The Morgan fingerprint density at radius 2 is 1.84 bits per heavy atom. The number of methoxy groups -OCH3 is 1. The van der Waals surface area contributed by atoms with Crippen molar-refractivity contribution in [2.75, 3.05) is 40.5 Å². The molecule has 9 nitrogen and oxygen atoms in total. The van der Waals surface area contributed by atoms with Gasteiger partial charge in [-0.1, -0.05) is 66.3 Å². The Kier molecular flexibility index (Phi) is 14.6. The van der Waals surface area contributed by atoms with Crippen LogP contribution < -0.4 is 10.6 Å². The van der Waals surface area contributed by atoms with Crippen molar-refractivity contribution < 1.29 is 35.1 Å². The van der Waals surface area contributed by atoms with Crippen LogP contribution in [0.1, 0.15) is 103 Å². The number of aliphatic hydroxyl groups excluding tert-OH is 4. The van der Waals surface area contributed by atoms with Gasteiger partial charge in [0, 0.05) is 42.1 Å². The zero-order valence-corrected chi connectivity index (χ0v) is 34.7. The number of benzene rings is 1. The number of carbonyl (C=O) groups excluding carboxylic acids is 1. The third kappa shape index (κ3) is 8.26. The van der Waals surface area contributed by atoms with Crippen molar-refractivity contribution in [3.8, 4) is 0 Å². The van der Waals surface area contributed by atoms with Gasteiger partial charge >= 0.3 is 0 Å². The smallest absolute Gasteiger partial charge is 0.145 e. The van der Waals surface area contributed by atoms with E-state index in [0.29, 0.717) is 82.9 Å². The number of rotatable bonds is 15. The average Bonchev–Trinajstić information content (AvgIpc) is 3.38. The molecule has 310 valence electrons. The van der Waals surface area contributed by atoms with Gasteiger partial charge in [0.25, 0.3) is 0 Å². The van der Waals surface area contributed by atoms with Crippen molar-refractivity contribution in [1.29, 1.82) is 0 Å². The molecule has 0 radical (unpaired) electrons. The van der Waals surface area contributed by atoms with E-state index in [1.165, 1.54) is 11.1 Å². The van der Waals surface area contributed by atoms with Crippen LogP contribution >= 0.6 is 0 Å². The standard InChI is InChI=1S/C47H70N2O7/c1-33(38-15-14-34(2)41(53)49-43(4,24-27-56-6)30-37-12-8-11-36(28-37)29-38)10-7-13-39(32-52)44-19-21-45(17-9-26-50)40(35(3)31-51)16-18-46(55,23-25-48-5)47(45,22-20-44)42(44)54/h7-8,10-14,28,31,38,41-42,48-50,52-55H,1,9,15-27,29-30,32H2,2-6H3/b10-7+,34-14+,39-13-,40-35-/t38-,41+,42+,43+,44-,45+,46-,47-/m0/s1. The van der Waals surface area contributed by atoms with Gasteiger partial charge < -0.3 is 35.6 Å². The van der Waals surface area contributed by atoms with Crippen LogP contribution in [0.15, 0.2) is 83.0 Å². The van der Waals surface area contributed by atoms with Crippen LogP contribution in [0.2, 0.25) is 0 Å². The SMILES string of the molecule is C=C(/C=C/C=C(/CO)[C@]12CC[C@]3(CCCO)/C(=C(/C)C=O)CC[C@](O)(CCNC)[C@@]3(CC1)[C@@H]2O)[C@H]1C/C=C(\C)[C@@H](O)N[C@](C)(CCOC)Cc2cccc(c2)C1. The molecule has 1 aliphatic heterocycles. The van der Waals surface area contributed by atoms with Crippen LogP contribution in [-0.4, -0.2) is 95.8 Å². The lowest BCUT2D eigenvalue weighted by Gasteiger charge is -2.67. The first-order valence-electron chi connectivity index (χ1n) is 20.9. The molecule has 56 heavy (non-hydrogen) atoms. The second kappa shape index (κ2) is 18.5. The van der Waals surface area contributed by atoms with Gasteiger partial charge in [0.2, 0.25) is 0 Å². The minimum Gasteiger partial charge on any atom is -0.396 e. The molecule has 1 heterocycles. The van der Waals surface area contributed by atoms with Crippen LogP contribution in [0.5, 0.6) is 0 Å². The zero-order chi connectivity index (χ0) is 40.8. The lowest BCUT2D eigenvalue weighted by atomic mass is 9.39. The molecule has 5 rings (SSSR count). The first kappa shape index (κ1) is 44.4. The highest BCUT2D eigenvalue weighted by Gasteiger charge is 2.76. The Balaban J connectivity index is 1.47. The molecule has 0 unspecified atom stereocenters. The van der Waals surface area contributed by atoms with E-state index in [0.717, 1.165) is 47.8 Å². The van der Waals surface area contributed by atoms with Crippen LogP contribution in [-0.2, 0) is 22.4 Å². The van der Waals surface area contributed by atoms with Gasteiger partial charge in [0.05, 0.1) is 18.3 Å². The molecule has 0 amide bonds. The number of hydrogen-bond acceptors (Lipinski definition) is 9. The molecule has 1 spiro atoms. The zero-order valence-electron chi connectivity index (χ0n) is 34.7. The summed E-state index contributed by atoms with van der Waals surface area (Å²) in [6, 6.07) is 8.66. The summed E-state index contributed by atoms with van der Waals surface area (Å²) >= 11 is 0. The normalized spacial score (nSPS) is 36.9. The third-order valence-electron chi connectivity index (χ3n) is 14.7. The average molecular weight is 775 g/mol. The van der Waals surface area contributed by atoms with Crippen LogP contribution in [0.4, 0.5) is 0 Å². The highest BCUT2D eigenvalue weighted by Crippen LogP contribution is 2.77. The predicted octanol–water partition coefficient (Wildman–Crippen LogP) is 5.80. The molecule has 0 saturated heterocycles. The topological polar surface area (TPSA) is 152 Å². The summed E-state index contributed by atoms with van der Waals surface area (Å²) in [5.74, 6) is 0.0601. The quantitative estimate of drug-likeness (QED) is 0.0508. The Morgan fingerprint density at radius 1 is 1.09 bits per heavy atom. The van der Waals surface area contributed by atoms with Crippen LogP contribution in [0, 0.1) is 22.2 Å². The molecule has 4 bridgehead atoms. The minimum absolute atomic E-state index is 0.00845. The highest BCUT2D eigenvalue weighted by atomic mass is 16.5. The molecule has 3 aliphatic carbocycles. The molecular weight excluding hydrogens is 705 g/mol. The second-order valence-corrected chi connectivity index (χ2v) is 17.8. The van der Waals surface area contributed by atoms with Crippen molar-refractivity contribution in [1.82, 2.24) is 10.6 Å². The van der Waals surface area contributed by atoms with Gasteiger partial charge in [0.1, 0.15) is 12.5 Å². The first-order valence-corrected chi connectivity index (χ1v) is 20.9. The van der Waals surface area contributed by atoms with E-state index >= 15 is 0 Å². The monoisotopic (exact) mass is 775 g/mol. The maximum absolute atomic E-state index is 12.9. The van der Waals surface area contributed by atoms with Crippen molar-refractivity contribution in [2.45, 2.75) is 128 Å². The summed E-state index contributed by atoms with van der Waals surface area (Å²) < 4.78 is 5.41. The lowest BCUT2D eigenvalue weighted by molar-refractivity contribution is -0.240. The number of fused-ring (bicyclic) bond motifs is 3. The van der Waals surface area contributed by atoms with E-state index in [4.69, 9.17) is 4.74 Å². The molecule has 1 aromatic carbocycles. The van der Waals surface area contributed by atoms with E-state index in [-0.39, 0.29) is 24.7 Å². The van der Waals surface area contributed by atoms with Gasteiger partial charge in [-0.2, -0.15) is 0 Å². The maximum atomic E-state index is 12.9. The predicted molar refractivity (Wildman–Crippen MR) is 223 cm³/mol. The highest BCUT2D eigenvalue weighted by molar-refractivity contribution is 5.74. The fourth-order valence-corrected chi connectivity index (χ4v) is 11.6. The molecule has 4 aliphatic rings. The number of ether oxygens (including phenoxy) is 1. The number of hydrogen-bond donors (Lipinski definition) is 7. The summed E-state index contributed by atoms with van der Waals surface area (Å²) in [5, 5.41) is 64.7. The van der Waals surface area contributed by atoms with Gasteiger partial charge in [-0.25, -0.2) is 0 Å². The number of allylic oxidation sites excluding steroid dienone is 7. The second-order valence-electron chi connectivity index (χ2n) is 17.8. The lowest BCUT2D eigenvalue weighted by Crippen LogP contribution is -2.69. The van der Waals surface area contributed by atoms with E-state index in [9.17, 15) is 30.3 Å².